The molecule has 0 radical (unpaired) electrons. The second kappa shape index (κ2) is 8.66. The molecule has 1 aromatic rings. The number of aliphatic carboxylic acids is 1. The molecule has 0 saturated carbocycles. The maximum Gasteiger partial charge on any atom is 0.320 e. The summed E-state index contributed by atoms with van der Waals surface area (Å²) < 4.78 is 5.43. The summed E-state index contributed by atoms with van der Waals surface area (Å²) in [6.45, 7) is 1.15. The average molecular weight is 251 g/mol. The topological polar surface area (TPSA) is 58.6 Å². The van der Waals surface area contributed by atoms with Crippen LogP contribution in [0.2, 0.25) is 0 Å². The molecule has 2 N–H and O–H groups in total. The third kappa shape index (κ3) is 5.80. The molecule has 4 nitrogen and oxygen atoms in total. The second-order valence-corrected chi connectivity index (χ2v) is 4.17. The first-order chi connectivity index (χ1) is 8.74. The third-order valence-electron chi connectivity index (χ3n) is 2.79. The van der Waals surface area contributed by atoms with Crippen LogP contribution in [-0.4, -0.2) is 37.4 Å². The highest BCUT2D eigenvalue weighted by Crippen LogP contribution is 2.02. The molecule has 0 aliphatic rings. The van der Waals surface area contributed by atoms with Gasteiger partial charge in [-0.1, -0.05) is 30.3 Å². The second-order valence-electron chi connectivity index (χ2n) is 4.17. The van der Waals surface area contributed by atoms with E-state index >= 15 is 0 Å². The number of hydrogen-bond donors (Lipinski definition) is 2. The number of carbonyl (C=O) groups is 1. The summed E-state index contributed by atoms with van der Waals surface area (Å²) in [6.07, 6.45) is 2.45. The summed E-state index contributed by atoms with van der Waals surface area (Å²) in [5.41, 5.74) is 1.31. The summed E-state index contributed by atoms with van der Waals surface area (Å²) in [4.78, 5) is 10.7. The van der Waals surface area contributed by atoms with Crippen LogP contribution in [0, 0.1) is 0 Å². The highest BCUT2D eigenvalue weighted by molar-refractivity contribution is 5.73. The van der Waals surface area contributed by atoms with Crippen LogP contribution in [0.5, 0.6) is 0 Å². The van der Waals surface area contributed by atoms with Crippen LogP contribution in [0.25, 0.3) is 0 Å². The van der Waals surface area contributed by atoms with E-state index in [0.717, 1.165) is 12.8 Å². The number of nitrogens with one attached hydrogen (secondary N) is 1. The van der Waals surface area contributed by atoms with Crippen LogP contribution in [0.1, 0.15) is 18.4 Å². The van der Waals surface area contributed by atoms with Crippen molar-refractivity contribution >= 4 is 5.97 Å². The monoisotopic (exact) mass is 251 g/mol. The van der Waals surface area contributed by atoms with Gasteiger partial charge in [0.05, 0.1) is 0 Å². The Balaban J connectivity index is 2.04. The molecule has 18 heavy (non-hydrogen) atoms. The van der Waals surface area contributed by atoms with E-state index in [1.807, 2.05) is 18.2 Å². The minimum atomic E-state index is -0.828. The van der Waals surface area contributed by atoms with Crippen molar-refractivity contribution in [3.8, 4) is 0 Å². The van der Waals surface area contributed by atoms with E-state index in [4.69, 9.17) is 9.84 Å². The van der Waals surface area contributed by atoms with Crippen LogP contribution >= 0.6 is 0 Å². The highest BCUT2D eigenvalue weighted by Gasteiger charge is 2.13. The Morgan fingerprint density at radius 1 is 1.33 bits per heavy atom. The van der Waals surface area contributed by atoms with Crippen molar-refractivity contribution < 1.29 is 14.6 Å². The van der Waals surface area contributed by atoms with Gasteiger partial charge >= 0.3 is 5.97 Å². The zero-order chi connectivity index (χ0) is 13.2. The number of hydrogen-bond acceptors (Lipinski definition) is 3. The lowest BCUT2D eigenvalue weighted by Gasteiger charge is -2.11. The van der Waals surface area contributed by atoms with E-state index < -0.39 is 12.0 Å². The van der Waals surface area contributed by atoms with Crippen molar-refractivity contribution in [3.05, 3.63) is 35.9 Å². The Bertz CT molecular complexity index is 340. The molecule has 100 valence electrons. The number of rotatable bonds is 9. The summed E-state index contributed by atoms with van der Waals surface area (Å²) in [7, 11) is 1.65. The number of carboxylic acid groups (broad SMARTS) is 1. The Labute approximate surface area is 108 Å². The summed E-state index contributed by atoms with van der Waals surface area (Å²) in [6, 6.07) is 9.74. The van der Waals surface area contributed by atoms with Gasteiger partial charge in [-0.3, -0.25) is 4.79 Å². The highest BCUT2D eigenvalue weighted by atomic mass is 16.5. The van der Waals surface area contributed by atoms with Gasteiger partial charge in [0.1, 0.15) is 6.04 Å². The first-order valence-electron chi connectivity index (χ1n) is 6.25. The minimum absolute atomic E-state index is 0.479. The van der Waals surface area contributed by atoms with Crippen molar-refractivity contribution in [1.82, 2.24) is 5.32 Å². The number of likely N-dealkylation sites (N-methyl/N-ethyl adjacent to an activating group) is 1. The standard InChI is InChI=1S/C14H21NO3/c1-15-13(14(16)17)9-11-18-10-5-8-12-6-3-2-4-7-12/h2-4,6-7,13,15H,5,8-11H2,1H3,(H,16,17). The summed E-state index contributed by atoms with van der Waals surface area (Å²) in [5.74, 6) is -0.828. The van der Waals surface area contributed by atoms with Gasteiger partial charge in [0.25, 0.3) is 0 Å². The fraction of sp³-hybridized carbons (Fsp3) is 0.500. The first kappa shape index (κ1) is 14.7. The van der Waals surface area contributed by atoms with Gasteiger partial charge < -0.3 is 15.2 Å². The predicted octanol–water partition coefficient (Wildman–Crippen LogP) is 1.70. The van der Waals surface area contributed by atoms with Crippen LogP contribution < -0.4 is 5.32 Å². The molecule has 0 aliphatic carbocycles. The van der Waals surface area contributed by atoms with Crippen molar-refractivity contribution in [2.75, 3.05) is 20.3 Å². The molecule has 0 fully saturated rings. The maximum absolute atomic E-state index is 10.7. The SMILES string of the molecule is CNC(CCOCCCc1ccccc1)C(=O)O. The van der Waals surface area contributed by atoms with Crippen molar-refractivity contribution in [3.63, 3.8) is 0 Å². The van der Waals surface area contributed by atoms with Crippen molar-refractivity contribution in [1.29, 1.82) is 0 Å². The minimum Gasteiger partial charge on any atom is -0.480 e. The quantitative estimate of drug-likeness (QED) is 0.656. The fourth-order valence-corrected chi connectivity index (χ4v) is 1.72. The molecule has 1 rings (SSSR count). The Morgan fingerprint density at radius 2 is 2.06 bits per heavy atom. The number of carboxylic acids is 1. The lowest BCUT2D eigenvalue weighted by molar-refractivity contribution is -0.139. The number of ether oxygens (including phenoxy) is 1. The van der Waals surface area contributed by atoms with Gasteiger partial charge in [0, 0.05) is 13.2 Å². The van der Waals surface area contributed by atoms with Crippen LogP contribution in [0.3, 0.4) is 0 Å². The van der Waals surface area contributed by atoms with Crippen molar-refractivity contribution in [2.45, 2.75) is 25.3 Å². The molecular formula is C14H21NO3. The average Bonchev–Trinajstić information content (AvgIpc) is 2.38. The van der Waals surface area contributed by atoms with Gasteiger partial charge in [-0.15, -0.1) is 0 Å². The Morgan fingerprint density at radius 3 is 2.67 bits per heavy atom. The van der Waals surface area contributed by atoms with E-state index in [0.29, 0.717) is 19.6 Å². The van der Waals surface area contributed by atoms with Gasteiger partial charge in [0.2, 0.25) is 0 Å². The predicted molar refractivity (Wildman–Crippen MR) is 70.7 cm³/mol. The third-order valence-corrected chi connectivity index (χ3v) is 2.79. The number of aryl methyl sites for hydroxylation is 1. The lowest BCUT2D eigenvalue weighted by atomic mass is 10.1. The van der Waals surface area contributed by atoms with Gasteiger partial charge in [-0.2, -0.15) is 0 Å². The van der Waals surface area contributed by atoms with E-state index in [-0.39, 0.29) is 0 Å². The maximum atomic E-state index is 10.7. The van der Waals surface area contributed by atoms with E-state index in [1.54, 1.807) is 7.05 Å². The van der Waals surface area contributed by atoms with Crippen molar-refractivity contribution in [2.24, 2.45) is 0 Å². The summed E-state index contributed by atoms with van der Waals surface area (Å²) >= 11 is 0. The largest absolute Gasteiger partial charge is 0.480 e. The fourth-order valence-electron chi connectivity index (χ4n) is 1.72. The van der Waals surface area contributed by atoms with E-state index in [9.17, 15) is 4.79 Å². The molecule has 0 spiro atoms. The molecule has 0 heterocycles. The molecule has 1 unspecified atom stereocenters. The van der Waals surface area contributed by atoms with Crippen LogP contribution in [0.15, 0.2) is 30.3 Å². The Kier molecular flexibility index (Phi) is 7.06. The molecule has 4 heteroatoms. The molecular weight excluding hydrogens is 230 g/mol. The first-order valence-corrected chi connectivity index (χ1v) is 6.25. The van der Waals surface area contributed by atoms with Gasteiger partial charge in [-0.25, -0.2) is 0 Å². The molecule has 0 aliphatic heterocycles. The Hall–Kier alpha value is -1.39. The van der Waals surface area contributed by atoms with Crippen LogP contribution in [-0.2, 0) is 16.0 Å². The smallest absolute Gasteiger partial charge is 0.320 e. The molecule has 0 saturated heterocycles. The molecule has 0 aromatic heterocycles. The van der Waals surface area contributed by atoms with E-state index in [1.165, 1.54) is 5.56 Å². The number of benzene rings is 1. The lowest BCUT2D eigenvalue weighted by Crippen LogP contribution is -2.34. The molecule has 0 amide bonds. The molecule has 1 aromatic carbocycles. The summed E-state index contributed by atoms with van der Waals surface area (Å²) in [5, 5.41) is 11.5. The van der Waals surface area contributed by atoms with Crippen LogP contribution in [0.4, 0.5) is 0 Å². The van der Waals surface area contributed by atoms with E-state index in [2.05, 4.69) is 17.4 Å². The zero-order valence-corrected chi connectivity index (χ0v) is 10.8. The van der Waals surface area contributed by atoms with Gasteiger partial charge in [-0.05, 0) is 31.9 Å². The normalized spacial score (nSPS) is 12.3. The van der Waals surface area contributed by atoms with Gasteiger partial charge in [0.15, 0.2) is 0 Å². The molecule has 0 bridgehead atoms. The zero-order valence-electron chi connectivity index (χ0n) is 10.8. The molecule has 1 atom stereocenters.